The van der Waals surface area contributed by atoms with E-state index in [9.17, 15) is 4.79 Å². The van der Waals surface area contributed by atoms with Crippen LogP contribution in [-0.2, 0) is 4.79 Å². The molecular formula is C18H11Cl2N3O. The van der Waals surface area contributed by atoms with Crippen molar-refractivity contribution in [3.8, 4) is 0 Å². The molecule has 4 nitrogen and oxygen atoms in total. The Morgan fingerprint density at radius 2 is 1.71 bits per heavy atom. The Morgan fingerprint density at radius 1 is 1.00 bits per heavy atom. The maximum absolute atomic E-state index is 12.9. The van der Waals surface area contributed by atoms with E-state index in [1.54, 1.807) is 12.4 Å². The third-order valence-electron chi connectivity index (χ3n) is 3.94. The fourth-order valence-electron chi connectivity index (χ4n) is 2.87. The van der Waals surface area contributed by atoms with Crippen LogP contribution >= 0.6 is 23.4 Å². The zero-order valence-electron chi connectivity index (χ0n) is 12.3. The summed E-state index contributed by atoms with van der Waals surface area (Å²) in [6.45, 7) is 0. The Hall–Kier alpha value is -2.56. The topological polar surface area (TPSA) is 44.7 Å². The first kappa shape index (κ1) is 15.0. The minimum Gasteiger partial charge on any atom is -0.345 e. The van der Waals surface area contributed by atoms with Gasteiger partial charge >= 0.3 is 0 Å². The van der Waals surface area contributed by atoms with Crippen molar-refractivity contribution in [2.24, 2.45) is 4.99 Å². The van der Waals surface area contributed by atoms with Crippen LogP contribution in [0.1, 0.15) is 5.56 Å². The molecule has 0 fully saturated rings. The number of benzene rings is 2. The van der Waals surface area contributed by atoms with E-state index in [0.717, 1.165) is 14.9 Å². The van der Waals surface area contributed by atoms with Crippen LogP contribution in [0.3, 0.4) is 0 Å². The molecule has 118 valence electrons. The predicted molar refractivity (Wildman–Crippen MR) is 95.5 cm³/mol. The summed E-state index contributed by atoms with van der Waals surface area (Å²) in [5, 5.41) is 5.26. The van der Waals surface area contributed by atoms with Gasteiger partial charge in [-0.1, -0.05) is 54.1 Å². The number of rotatable bonds is 1. The van der Waals surface area contributed by atoms with Crippen LogP contribution in [-0.4, -0.2) is 16.7 Å². The lowest BCUT2D eigenvalue weighted by Crippen LogP contribution is -2.34. The summed E-state index contributed by atoms with van der Waals surface area (Å²) in [7, 11) is 0. The van der Waals surface area contributed by atoms with Crippen molar-refractivity contribution in [1.29, 1.82) is 0 Å². The number of fused-ring (bicyclic) bond motifs is 2. The van der Waals surface area contributed by atoms with E-state index >= 15 is 0 Å². The van der Waals surface area contributed by atoms with Gasteiger partial charge in [-0.2, -0.15) is 0 Å². The van der Waals surface area contributed by atoms with Crippen LogP contribution in [0.15, 0.2) is 65.3 Å². The summed E-state index contributed by atoms with van der Waals surface area (Å²) >= 11 is 12.8. The number of carbonyl (C=O) groups is 1. The van der Waals surface area contributed by atoms with Gasteiger partial charge in [0.2, 0.25) is 0 Å². The lowest BCUT2D eigenvalue weighted by Gasteiger charge is -2.19. The molecule has 0 aromatic heterocycles. The zero-order chi connectivity index (χ0) is 16.7. The van der Waals surface area contributed by atoms with Crippen molar-refractivity contribution in [1.82, 2.24) is 9.74 Å². The molecule has 0 atom stereocenters. The summed E-state index contributed by atoms with van der Waals surface area (Å²) < 4.78 is 1.11. The quantitative estimate of drug-likeness (QED) is 0.796. The van der Waals surface area contributed by atoms with Crippen LogP contribution in [0, 0.1) is 0 Å². The van der Waals surface area contributed by atoms with E-state index in [-0.39, 0.29) is 5.91 Å². The van der Waals surface area contributed by atoms with Crippen molar-refractivity contribution < 1.29 is 4.79 Å². The lowest BCUT2D eigenvalue weighted by atomic mass is 10.1. The van der Waals surface area contributed by atoms with Gasteiger partial charge < -0.3 is 5.32 Å². The van der Waals surface area contributed by atoms with Crippen LogP contribution in [0.25, 0.3) is 11.4 Å². The van der Waals surface area contributed by atoms with Gasteiger partial charge in [-0.15, -0.1) is 0 Å². The molecule has 24 heavy (non-hydrogen) atoms. The van der Waals surface area contributed by atoms with E-state index in [0.29, 0.717) is 27.6 Å². The molecule has 4 rings (SSSR count). The van der Waals surface area contributed by atoms with Crippen LogP contribution in [0.2, 0.25) is 5.02 Å². The summed E-state index contributed by atoms with van der Waals surface area (Å²) in [6.07, 6.45) is 3.05. The highest BCUT2D eigenvalue weighted by Gasteiger charge is 2.29. The molecule has 0 bridgehead atoms. The van der Waals surface area contributed by atoms with Gasteiger partial charge in [0.05, 0.1) is 23.3 Å². The molecule has 2 heterocycles. The summed E-state index contributed by atoms with van der Waals surface area (Å²) in [6, 6.07) is 15.0. The van der Waals surface area contributed by atoms with Gasteiger partial charge in [0.25, 0.3) is 5.91 Å². The molecule has 0 aliphatic carbocycles. The minimum absolute atomic E-state index is 0.359. The average Bonchev–Trinajstić information content (AvgIpc) is 2.71. The van der Waals surface area contributed by atoms with E-state index in [1.165, 1.54) is 6.20 Å². The highest BCUT2D eigenvalue weighted by atomic mass is 35.5. The van der Waals surface area contributed by atoms with Gasteiger partial charge in [-0.25, -0.2) is 9.41 Å². The first-order valence-corrected chi connectivity index (χ1v) is 7.97. The Labute approximate surface area is 148 Å². The van der Waals surface area contributed by atoms with Crippen molar-refractivity contribution in [3.05, 3.63) is 81.3 Å². The molecule has 0 saturated heterocycles. The Balaban J connectivity index is 2.20. The van der Waals surface area contributed by atoms with Crippen LogP contribution in [0.5, 0.6) is 0 Å². The van der Waals surface area contributed by atoms with Gasteiger partial charge in [0.1, 0.15) is 0 Å². The lowest BCUT2D eigenvalue weighted by molar-refractivity contribution is -0.120. The van der Waals surface area contributed by atoms with Crippen molar-refractivity contribution >= 4 is 47.0 Å². The number of hydrogen-bond donors (Lipinski definition) is 1. The molecule has 6 heteroatoms. The summed E-state index contributed by atoms with van der Waals surface area (Å²) in [5.74, 6) is -0.359. The van der Waals surface area contributed by atoms with E-state index < -0.39 is 0 Å². The van der Waals surface area contributed by atoms with Gasteiger partial charge in [-0.3, -0.25) is 4.79 Å². The van der Waals surface area contributed by atoms with Gasteiger partial charge in [-0.05, 0) is 6.07 Å². The number of nitrogens with one attached hydrogen (secondary N) is 1. The first-order chi connectivity index (χ1) is 11.7. The van der Waals surface area contributed by atoms with Gasteiger partial charge in [0, 0.05) is 39.0 Å². The number of nitrogens with zero attached hydrogens (tertiary/aromatic N) is 2. The number of carbonyl (C=O) groups excluding carboxylic acids is 1. The normalized spacial score (nSPS) is 16.2. The van der Waals surface area contributed by atoms with Crippen LogP contribution < -0.4 is 15.8 Å². The zero-order valence-corrected chi connectivity index (χ0v) is 13.8. The fourth-order valence-corrected chi connectivity index (χ4v) is 3.36. The van der Waals surface area contributed by atoms with Crippen molar-refractivity contribution in [2.45, 2.75) is 0 Å². The third-order valence-corrected chi connectivity index (χ3v) is 4.59. The number of amides is 1. The molecule has 2 aromatic carbocycles. The first-order valence-electron chi connectivity index (χ1n) is 7.26. The van der Waals surface area contributed by atoms with Crippen LogP contribution in [0.4, 0.5) is 0 Å². The maximum Gasteiger partial charge on any atom is 0.276 e. The largest absolute Gasteiger partial charge is 0.345 e. The van der Waals surface area contributed by atoms with Crippen molar-refractivity contribution in [2.75, 3.05) is 0 Å². The Bertz CT molecular complexity index is 1040. The molecule has 0 radical (unpaired) electrons. The van der Waals surface area contributed by atoms with Crippen molar-refractivity contribution in [3.63, 3.8) is 0 Å². The molecule has 1 N–H and O–H groups in total. The second-order valence-electron chi connectivity index (χ2n) is 5.30. The Kier molecular flexibility index (Phi) is 3.63. The molecule has 0 unspecified atom stereocenters. The minimum atomic E-state index is -0.359. The second-order valence-corrected chi connectivity index (χ2v) is 6.05. The van der Waals surface area contributed by atoms with E-state index in [2.05, 4.69) is 10.3 Å². The molecule has 0 saturated carbocycles. The Morgan fingerprint density at radius 3 is 2.50 bits per heavy atom. The summed E-state index contributed by atoms with van der Waals surface area (Å²) in [4.78, 5) is 16.9. The third kappa shape index (κ3) is 2.23. The van der Waals surface area contributed by atoms with Gasteiger partial charge in [0.15, 0.2) is 0 Å². The second kappa shape index (κ2) is 5.82. The monoisotopic (exact) mass is 355 g/mol. The smallest absolute Gasteiger partial charge is 0.276 e. The maximum atomic E-state index is 12.9. The fraction of sp³-hybridized carbons (Fsp3) is 0. The molecule has 2 aliphatic heterocycles. The number of hydrogen-bond acceptors (Lipinski definition) is 3. The molecule has 2 aliphatic rings. The molecular weight excluding hydrogens is 345 g/mol. The predicted octanol–water partition coefficient (Wildman–Crippen LogP) is 2.12. The van der Waals surface area contributed by atoms with E-state index in [4.69, 9.17) is 23.4 Å². The number of aliphatic imine (C=N–C) groups is 1. The highest BCUT2D eigenvalue weighted by Crippen LogP contribution is 2.29. The SMILES string of the molecule is O=C1C2=CN=CNC2=c2ccccc2=C(c2ccccc2Cl)N1Cl. The average molecular weight is 356 g/mol. The molecule has 1 amide bonds. The highest BCUT2D eigenvalue weighted by molar-refractivity contribution is 6.34. The van der Waals surface area contributed by atoms with E-state index in [1.807, 2.05) is 42.5 Å². The summed E-state index contributed by atoms with van der Waals surface area (Å²) in [5.41, 5.74) is 2.32. The standard InChI is InChI=1S/C18H11Cl2N3O/c19-15-8-4-3-7-13(15)17-12-6-2-1-5-11(12)16-14(9-21-10-22-16)18(24)23(17)20/h1-10H,(H,21,22). The molecule has 0 spiro atoms. The number of halogens is 2. The molecule has 2 aromatic rings.